The molecule has 0 amide bonds. The van der Waals surface area contributed by atoms with Crippen molar-refractivity contribution in [2.45, 2.75) is 80.7 Å². The Bertz CT molecular complexity index is 3100. The molecule has 306 valence electrons. The van der Waals surface area contributed by atoms with Crippen molar-refractivity contribution in [2.24, 2.45) is 0 Å². The molecule has 5 aliphatic rings. The van der Waals surface area contributed by atoms with Crippen molar-refractivity contribution in [3.05, 3.63) is 228 Å². The van der Waals surface area contributed by atoms with E-state index in [0.717, 1.165) is 0 Å². The summed E-state index contributed by atoms with van der Waals surface area (Å²) < 4.78 is 0. The van der Waals surface area contributed by atoms with Gasteiger partial charge >= 0.3 is 0 Å². The molecule has 8 aromatic rings. The molecule has 2 saturated carbocycles. The minimum absolute atomic E-state index is 0.0166. The molecule has 2 heterocycles. The highest BCUT2D eigenvalue weighted by Crippen LogP contribution is 2.68. The van der Waals surface area contributed by atoms with E-state index in [1.165, 1.54) is 115 Å². The average molecular weight is 813 g/mol. The first-order valence-corrected chi connectivity index (χ1v) is 23.1. The molecule has 0 bridgehead atoms. The van der Waals surface area contributed by atoms with Gasteiger partial charge in [0.15, 0.2) is 0 Å². The van der Waals surface area contributed by atoms with Gasteiger partial charge in [0.25, 0.3) is 0 Å². The van der Waals surface area contributed by atoms with Gasteiger partial charge in [0.05, 0.1) is 16.5 Å². The standard InChI is InChI=1S/C61H52N2/c1-57-34-36-59(57,3)62(46-22-13-7-14-23-46)54-33-30-42(40-53(54)57)41-28-31-51-49(38-41)50-39-43(29-32-52(50)61(51,44-18-9-5-10-19-44)45-20-11-6-12-21-45)48-26-17-27-55-56(48)58(2)35-37-60(58,4)63(55)47-24-15-8-16-25-47/h5-33,38-40H,34-37H2,1-4H3. The molecule has 8 aromatic carbocycles. The molecule has 0 N–H and O–H groups in total. The van der Waals surface area contributed by atoms with E-state index in [9.17, 15) is 0 Å². The summed E-state index contributed by atoms with van der Waals surface area (Å²) in [5.41, 5.74) is 21.1. The van der Waals surface area contributed by atoms with Crippen LogP contribution in [0.4, 0.5) is 22.7 Å². The predicted octanol–water partition coefficient (Wildman–Crippen LogP) is 15.3. The Hall–Kier alpha value is -6.64. The van der Waals surface area contributed by atoms with Crippen LogP contribution in [0.2, 0.25) is 0 Å². The highest BCUT2D eigenvalue weighted by Gasteiger charge is 2.64. The molecule has 2 heteroatoms. The van der Waals surface area contributed by atoms with Gasteiger partial charge in [0.2, 0.25) is 0 Å². The molecule has 2 fully saturated rings. The summed E-state index contributed by atoms with van der Waals surface area (Å²) in [7, 11) is 0. The van der Waals surface area contributed by atoms with Gasteiger partial charge in [0.1, 0.15) is 0 Å². The molecule has 2 aliphatic heterocycles. The smallest absolute Gasteiger partial charge is 0.0713 e. The van der Waals surface area contributed by atoms with Gasteiger partial charge in [-0.2, -0.15) is 0 Å². The summed E-state index contributed by atoms with van der Waals surface area (Å²) in [4.78, 5) is 5.29. The van der Waals surface area contributed by atoms with Crippen LogP contribution in [0.3, 0.4) is 0 Å². The highest BCUT2D eigenvalue weighted by atomic mass is 15.3. The lowest BCUT2D eigenvalue weighted by Gasteiger charge is -2.56. The fourth-order valence-electron chi connectivity index (χ4n) is 13.5. The van der Waals surface area contributed by atoms with Gasteiger partial charge in [0, 0.05) is 33.6 Å². The Morgan fingerprint density at radius 2 is 0.825 bits per heavy atom. The monoisotopic (exact) mass is 812 g/mol. The third kappa shape index (κ3) is 4.54. The number of anilines is 4. The third-order valence-electron chi connectivity index (χ3n) is 17.5. The van der Waals surface area contributed by atoms with E-state index in [2.05, 4.69) is 232 Å². The lowest BCUT2D eigenvalue weighted by molar-refractivity contribution is 0.133. The first-order chi connectivity index (χ1) is 30.7. The molecular weight excluding hydrogens is 761 g/mol. The number of rotatable bonds is 6. The second-order valence-electron chi connectivity index (χ2n) is 20.0. The molecule has 63 heavy (non-hydrogen) atoms. The zero-order valence-corrected chi connectivity index (χ0v) is 36.7. The van der Waals surface area contributed by atoms with Crippen molar-refractivity contribution in [1.82, 2.24) is 0 Å². The number of fused-ring (bicyclic) bond motifs is 9. The van der Waals surface area contributed by atoms with Gasteiger partial charge in [-0.05, 0) is 161 Å². The normalized spacial score (nSPS) is 25.2. The summed E-state index contributed by atoms with van der Waals surface area (Å²) in [5.74, 6) is 0. The maximum Gasteiger partial charge on any atom is 0.0713 e. The first kappa shape index (κ1) is 37.0. The Morgan fingerprint density at radius 3 is 1.38 bits per heavy atom. The van der Waals surface area contributed by atoms with Crippen molar-refractivity contribution in [3.63, 3.8) is 0 Å². The molecule has 4 atom stereocenters. The summed E-state index contributed by atoms with van der Waals surface area (Å²) >= 11 is 0. The Kier molecular flexibility index (Phi) is 7.47. The van der Waals surface area contributed by atoms with E-state index in [-0.39, 0.29) is 21.9 Å². The lowest BCUT2D eigenvalue weighted by Crippen LogP contribution is -2.60. The van der Waals surface area contributed by atoms with E-state index < -0.39 is 5.41 Å². The summed E-state index contributed by atoms with van der Waals surface area (Å²) in [6.07, 6.45) is 4.75. The number of para-hydroxylation sites is 2. The Morgan fingerprint density at radius 1 is 0.349 bits per heavy atom. The van der Waals surface area contributed by atoms with Crippen LogP contribution in [-0.2, 0) is 16.2 Å². The SMILES string of the molecule is CC12CCC1(C)N(c1ccccc1)c1ccc(-c3ccc4c(c3)-c3cc(-c5cccc6c5C5(C)CCC5(C)N6c5ccccc5)ccc3C4(c3ccccc3)c3ccccc3)cc12. The van der Waals surface area contributed by atoms with Crippen LogP contribution >= 0.6 is 0 Å². The maximum absolute atomic E-state index is 2.66. The molecule has 4 unspecified atom stereocenters. The van der Waals surface area contributed by atoms with Crippen LogP contribution in [0.25, 0.3) is 33.4 Å². The van der Waals surface area contributed by atoms with E-state index in [1.807, 2.05) is 0 Å². The lowest BCUT2D eigenvalue weighted by atomic mass is 9.54. The topological polar surface area (TPSA) is 6.48 Å². The van der Waals surface area contributed by atoms with E-state index in [4.69, 9.17) is 0 Å². The van der Waals surface area contributed by atoms with Crippen molar-refractivity contribution in [1.29, 1.82) is 0 Å². The van der Waals surface area contributed by atoms with Crippen molar-refractivity contribution < 1.29 is 0 Å². The van der Waals surface area contributed by atoms with Crippen LogP contribution < -0.4 is 9.80 Å². The summed E-state index contributed by atoms with van der Waals surface area (Å²) in [6.45, 7) is 10.00. The second kappa shape index (κ2) is 12.7. The van der Waals surface area contributed by atoms with Crippen molar-refractivity contribution >= 4 is 22.7 Å². The van der Waals surface area contributed by atoms with Crippen LogP contribution in [0.15, 0.2) is 194 Å². The Balaban J connectivity index is 1.02. The quantitative estimate of drug-likeness (QED) is 0.165. The molecule has 0 spiro atoms. The molecule has 0 radical (unpaired) electrons. The van der Waals surface area contributed by atoms with Crippen LogP contribution in [-0.4, -0.2) is 11.1 Å². The zero-order chi connectivity index (χ0) is 42.3. The summed E-state index contributed by atoms with van der Waals surface area (Å²) in [5, 5.41) is 0. The summed E-state index contributed by atoms with van der Waals surface area (Å²) in [6, 6.07) is 73.8. The Labute approximate surface area is 372 Å². The fraction of sp³-hybridized carbons (Fsp3) is 0.213. The number of hydrogen-bond donors (Lipinski definition) is 0. The predicted molar refractivity (Wildman–Crippen MR) is 262 cm³/mol. The molecular formula is C61H52N2. The van der Waals surface area contributed by atoms with Crippen LogP contribution in [0.5, 0.6) is 0 Å². The van der Waals surface area contributed by atoms with Gasteiger partial charge in [-0.1, -0.05) is 153 Å². The molecule has 2 nitrogen and oxygen atoms in total. The number of hydrogen-bond acceptors (Lipinski definition) is 2. The average Bonchev–Trinajstić information content (AvgIpc) is 3.75. The van der Waals surface area contributed by atoms with Crippen LogP contribution in [0, 0.1) is 0 Å². The fourth-order valence-corrected chi connectivity index (χ4v) is 13.5. The molecule has 0 aromatic heterocycles. The van der Waals surface area contributed by atoms with E-state index in [1.54, 1.807) is 0 Å². The third-order valence-corrected chi connectivity index (χ3v) is 17.5. The number of nitrogens with zero attached hydrogens (tertiary/aromatic N) is 2. The van der Waals surface area contributed by atoms with Gasteiger partial charge in [-0.15, -0.1) is 0 Å². The molecule has 3 aliphatic carbocycles. The van der Waals surface area contributed by atoms with Crippen LogP contribution in [0.1, 0.15) is 86.8 Å². The van der Waals surface area contributed by atoms with E-state index in [0.29, 0.717) is 0 Å². The second-order valence-corrected chi connectivity index (χ2v) is 20.0. The molecule has 0 saturated heterocycles. The minimum atomic E-state index is -0.471. The number of benzene rings is 8. The van der Waals surface area contributed by atoms with Crippen molar-refractivity contribution in [2.75, 3.05) is 9.80 Å². The van der Waals surface area contributed by atoms with Crippen molar-refractivity contribution in [3.8, 4) is 33.4 Å². The van der Waals surface area contributed by atoms with Gasteiger partial charge < -0.3 is 9.80 Å². The molecule has 13 rings (SSSR count). The first-order valence-electron chi connectivity index (χ1n) is 23.1. The zero-order valence-electron chi connectivity index (χ0n) is 36.7. The minimum Gasteiger partial charge on any atom is -0.334 e. The van der Waals surface area contributed by atoms with E-state index >= 15 is 0 Å². The highest BCUT2D eigenvalue weighted by molar-refractivity contribution is 5.94. The maximum atomic E-state index is 2.66. The van der Waals surface area contributed by atoms with Gasteiger partial charge in [-0.3, -0.25) is 0 Å². The largest absolute Gasteiger partial charge is 0.334 e. The van der Waals surface area contributed by atoms with Gasteiger partial charge in [-0.25, -0.2) is 0 Å².